The number of methoxy groups -OCH3 is 1. The van der Waals surface area contributed by atoms with E-state index in [4.69, 9.17) is 4.74 Å². The van der Waals surface area contributed by atoms with E-state index in [0.29, 0.717) is 30.1 Å². The van der Waals surface area contributed by atoms with E-state index in [1.54, 1.807) is 42.5 Å². The molecule has 0 spiro atoms. The largest absolute Gasteiger partial charge is 0.504 e. The molecule has 1 fully saturated rings. The van der Waals surface area contributed by atoms with E-state index < -0.39 is 10.0 Å². The van der Waals surface area contributed by atoms with Crippen molar-refractivity contribution in [3.8, 4) is 11.5 Å². The number of benzene rings is 2. The van der Waals surface area contributed by atoms with Crippen molar-refractivity contribution < 1.29 is 18.3 Å². The fraction of sp³-hybridized carbons (Fsp3) is 0.278. The summed E-state index contributed by atoms with van der Waals surface area (Å²) in [5.41, 5.74) is 1.12. The highest BCUT2D eigenvalue weighted by atomic mass is 32.2. The lowest BCUT2D eigenvalue weighted by Crippen LogP contribution is -2.27. The summed E-state index contributed by atoms with van der Waals surface area (Å²) in [5.74, 6) is 0.387. The monoisotopic (exact) mass is 360 g/mol. The van der Waals surface area contributed by atoms with Crippen LogP contribution >= 0.6 is 0 Å². The molecule has 0 aromatic heterocycles. The number of hydrogen-bond acceptors (Lipinski definition) is 5. The van der Waals surface area contributed by atoms with Crippen LogP contribution in [0.4, 0.5) is 5.69 Å². The van der Waals surface area contributed by atoms with Crippen LogP contribution in [0.5, 0.6) is 11.5 Å². The number of hydrogen-bond donors (Lipinski definition) is 1. The van der Waals surface area contributed by atoms with Gasteiger partial charge in [-0.05, 0) is 49.2 Å². The first-order valence-corrected chi connectivity index (χ1v) is 9.46. The van der Waals surface area contributed by atoms with Crippen LogP contribution < -0.4 is 4.74 Å². The summed E-state index contributed by atoms with van der Waals surface area (Å²) in [6.45, 7) is 1.16. The van der Waals surface area contributed by atoms with Gasteiger partial charge in [0.15, 0.2) is 11.5 Å². The molecule has 0 atom stereocenters. The molecule has 6 nitrogen and oxygen atoms in total. The van der Waals surface area contributed by atoms with Crippen LogP contribution in [0.3, 0.4) is 0 Å². The van der Waals surface area contributed by atoms with Crippen LogP contribution in [0.2, 0.25) is 0 Å². The molecule has 2 aromatic carbocycles. The Morgan fingerprint density at radius 2 is 1.80 bits per heavy atom. The molecule has 1 saturated heterocycles. The van der Waals surface area contributed by atoms with E-state index >= 15 is 0 Å². The van der Waals surface area contributed by atoms with Gasteiger partial charge >= 0.3 is 0 Å². The minimum absolute atomic E-state index is 0.0157. The predicted molar refractivity (Wildman–Crippen MR) is 96.3 cm³/mol. The van der Waals surface area contributed by atoms with Gasteiger partial charge in [-0.2, -0.15) is 4.31 Å². The summed E-state index contributed by atoms with van der Waals surface area (Å²) >= 11 is 0. The van der Waals surface area contributed by atoms with Crippen LogP contribution in [0.15, 0.2) is 52.4 Å². The third-order valence-corrected chi connectivity index (χ3v) is 6.06. The number of nitrogens with zero attached hydrogens (tertiary/aromatic N) is 2. The van der Waals surface area contributed by atoms with Gasteiger partial charge in [-0.15, -0.1) is 0 Å². The van der Waals surface area contributed by atoms with Crippen molar-refractivity contribution in [3.05, 3.63) is 48.0 Å². The Morgan fingerprint density at radius 1 is 1.12 bits per heavy atom. The molecule has 0 aliphatic carbocycles. The first-order valence-electron chi connectivity index (χ1n) is 8.02. The van der Waals surface area contributed by atoms with Gasteiger partial charge in [0.2, 0.25) is 10.0 Å². The number of aliphatic imine (C=N–C) groups is 1. The molecule has 3 rings (SSSR count). The third-order valence-electron chi connectivity index (χ3n) is 4.14. The zero-order chi connectivity index (χ0) is 17.9. The highest BCUT2D eigenvalue weighted by molar-refractivity contribution is 7.89. The second-order valence-electron chi connectivity index (χ2n) is 5.76. The predicted octanol–water partition coefficient (Wildman–Crippen LogP) is 2.94. The van der Waals surface area contributed by atoms with E-state index in [1.807, 2.05) is 0 Å². The maximum Gasteiger partial charge on any atom is 0.243 e. The molecule has 1 heterocycles. The SMILES string of the molecule is COc1cccc(C=Nc2ccc(S(=O)(=O)N3CCCC3)cc2)c1O. The minimum Gasteiger partial charge on any atom is -0.504 e. The fourth-order valence-electron chi connectivity index (χ4n) is 2.73. The third kappa shape index (κ3) is 3.67. The zero-order valence-corrected chi connectivity index (χ0v) is 14.7. The highest BCUT2D eigenvalue weighted by Gasteiger charge is 2.26. The number of phenols is 1. The normalized spacial score (nSPS) is 15.7. The van der Waals surface area contributed by atoms with E-state index in [9.17, 15) is 13.5 Å². The molecule has 25 heavy (non-hydrogen) atoms. The standard InChI is InChI=1S/C18H20N2O4S/c1-24-17-6-4-5-14(18(17)21)13-19-15-7-9-16(10-8-15)25(22,23)20-11-2-3-12-20/h4-10,13,21H,2-3,11-12H2,1H3. The van der Waals surface area contributed by atoms with Crippen molar-refractivity contribution in [2.24, 2.45) is 4.99 Å². The maximum atomic E-state index is 12.5. The number of phenolic OH excluding ortho intramolecular Hbond substituents is 1. The second-order valence-corrected chi connectivity index (χ2v) is 7.70. The average Bonchev–Trinajstić information content (AvgIpc) is 3.17. The van der Waals surface area contributed by atoms with Crippen molar-refractivity contribution in [1.82, 2.24) is 4.31 Å². The van der Waals surface area contributed by atoms with Crippen molar-refractivity contribution in [3.63, 3.8) is 0 Å². The quantitative estimate of drug-likeness (QED) is 0.832. The van der Waals surface area contributed by atoms with Crippen LogP contribution in [-0.4, -0.2) is 44.2 Å². The van der Waals surface area contributed by atoms with Gasteiger partial charge in [-0.3, -0.25) is 4.99 Å². The number of sulfonamides is 1. The fourth-order valence-corrected chi connectivity index (χ4v) is 4.25. The lowest BCUT2D eigenvalue weighted by molar-refractivity contribution is 0.373. The molecule has 132 valence electrons. The first kappa shape index (κ1) is 17.4. The first-order chi connectivity index (χ1) is 12.0. The number of ether oxygens (including phenoxy) is 1. The van der Waals surface area contributed by atoms with Gasteiger partial charge in [0, 0.05) is 24.9 Å². The van der Waals surface area contributed by atoms with Crippen molar-refractivity contribution in [2.45, 2.75) is 17.7 Å². The van der Waals surface area contributed by atoms with Gasteiger partial charge in [0.25, 0.3) is 0 Å². The molecule has 0 unspecified atom stereocenters. The van der Waals surface area contributed by atoms with Gasteiger partial charge in [-0.1, -0.05) is 6.07 Å². The van der Waals surface area contributed by atoms with Gasteiger partial charge in [0.05, 0.1) is 17.7 Å². The maximum absolute atomic E-state index is 12.5. The molecule has 7 heteroatoms. The molecule has 0 bridgehead atoms. The molecule has 1 aliphatic rings. The van der Waals surface area contributed by atoms with Crippen molar-refractivity contribution in [2.75, 3.05) is 20.2 Å². The number of aromatic hydroxyl groups is 1. The van der Waals surface area contributed by atoms with E-state index in [2.05, 4.69) is 4.99 Å². The summed E-state index contributed by atoms with van der Waals surface area (Å²) < 4.78 is 31.5. The second kappa shape index (κ2) is 7.25. The summed E-state index contributed by atoms with van der Waals surface area (Å²) in [7, 11) is -1.93. The van der Waals surface area contributed by atoms with E-state index in [1.165, 1.54) is 17.6 Å². The minimum atomic E-state index is -3.41. The Bertz CT molecular complexity index is 870. The molecule has 0 amide bonds. The van der Waals surface area contributed by atoms with Gasteiger partial charge in [0.1, 0.15) is 0 Å². The molecular weight excluding hydrogens is 340 g/mol. The lowest BCUT2D eigenvalue weighted by Gasteiger charge is -2.15. The summed E-state index contributed by atoms with van der Waals surface area (Å²) in [4.78, 5) is 4.56. The van der Waals surface area contributed by atoms with Crippen LogP contribution in [0.1, 0.15) is 18.4 Å². The summed E-state index contributed by atoms with van der Waals surface area (Å²) in [5, 5.41) is 10.0. The van der Waals surface area contributed by atoms with Crippen molar-refractivity contribution in [1.29, 1.82) is 0 Å². The topological polar surface area (TPSA) is 79.2 Å². The van der Waals surface area contributed by atoms with E-state index in [0.717, 1.165) is 12.8 Å². The molecule has 1 N–H and O–H groups in total. The molecule has 1 aliphatic heterocycles. The summed E-state index contributed by atoms with van der Waals surface area (Å²) in [6, 6.07) is 11.6. The Labute approximate surface area is 147 Å². The average molecular weight is 360 g/mol. The highest BCUT2D eigenvalue weighted by Crippen LogP contribution is 2.29. The Kier molecular flexibility index (Phi) is 5.06. The van der Waals surface area contributed by atoms with Crippen LogP contribution in [-0.2, 0) is 10.0 Å². The Hall–Kier alpha value is -2.38. The smallest absolute Gasteiger partial charge is 0.243 e. The summed E-state index contributed by atoms with van der Waals surface area (Å²) in [6.07, 6.45) is 3.33. The van der Waals surface area contributed by atoms with E-state index in [-0.39, 0.29) is 10.6 Å². The number of rotatable bonds is 5. The molecule has 0 radical (unpaired) electrons. The number of para-hydroxylation sites is 1. The zero-order valence-electron chi connectivity index (χ0n) is 13.9. The van der Waals surface area contributed by atoms with Crippen molar-refractivity contribution >= 4 is 21.9 Å². The van der Waals surface area contributed by atoms with Gasteiger partial charge < -0.3 is 9.84 Å². The molecule has 2 aromatic rings. The molecular formula is C18H20N2O4S. The Morgan fingerprint density at radius 3 is 2.44 bits per heavy atom. The molecule has 0 saturated carbocycles. The van der Waals surface area contributed by atoms with Gasteiger partial charge in [-0.25, -0.2) is 8.42 Å². The lowest BCUT2D eigenvalue weighted by atomic mass is 10.2. The van der Waals surface area contributed by atoms with Crippen LogP contribution in [0.25, 0.3) is 0 Å². The Balaban J connectivity index is 1.79. The van der Waals surface area contributed by atoms with Crippen LogP contribution in [0, 0.1) is 0 Å².